The highest BCUT2D eigenvalue weighted by Gasteiger charge is 2.15. The van der Waals surface area contributed by atoms with E-state index in [1.54, 1.807) is 0 Å². The van der Waals surface area contributed by atoms with Crippen molar-refractivity contribution in [2.45, 2.75) is 32.2 Å². The van der Waals surface area contributed by atoms with Gasteiger partial charge in [-0.15, -0.1) is 0 Å². The van der Waals surface area contributed by atoms with E-state index in [1.165, 1.54) is 18.4 Å². The van der Waals surface area contributed by atoms with Gasteiger partial charge in [0.25, 0.3) is 0 Å². The first-order valence-electron chi connectivity index (χ1n) is 9.54. The van der Waals surface area contributed by atoms with Gasteiger partial charge in [0.15, 0.2) is 0 Å². The van der Waals surface area contributed by atoms with E-state index in [4.69, 9.17) is 4.98 Å². The highest BCUT2D eigenvalue weighted by Crippen LogP contribution is 2.28. The third kappa shape index (κ3) is 4.19. The topological polar surface area (TPSA) is 59.0 Å². The number of para-hydroxylation sites is 1. The smallest absolute Gasteiger partial charge is 0.319 e. The molecule has 2 amide bonds. The summed E-state index contributed by atoms with van der Waals surface area (Å²) in [4.78, 5) is 17.1. The molecule has 0 saturated heterocycles. The number of imidazole rings is 1. The van der Waals surface area contributed by atoms with Crippen LogP contribution in [0.1, 0.15) is 24.2 Å². The fourth-order valence-corrected chi connectivity index (χ4v) is 3.49. The monoisotopic (exact) mass is 360 g/mol. The summed E-state index contributed by atoms with van der Waals surface area (Å²) in [6, 6.07) is 17.8. The van der Waals surface area contributed by atoms with Crippen molar-refractivity contribution in [1.82, 2.24) is 14.9 Å². The molecule has 0 aliphatic carbocycles. The van der Waals surface area contributed by atoms with Crippen molar-refractivity contribution >= 4 is 11.7 Å². The number of carbonyl (C=O) groups excluding carboxylic acids is 1. The Morgan fingerprint density at radius 2 is 1.85 bits per heavy atom. The number of nitrogens with zero attached hydrogens (tertiary/aromatic N) is 2. The van der Waals surface area contributed by atoms with Gasteiger partial charge in [0.05, 0.1) is 11.4 Å². The normalized spacial score (nSPS) is 13.0. The number of aromatic nitrogens is 2. The number of nitrogens with one attached hydrogen (secondary N) is 2. The largest absolute Gasteiger partial charge is 0.338 e. The van der Waals surface area contributed by atoms with Gasteiger partial charge >= 0.3 is 6.03 Å². The van der Waals surface area contributed by atoms with Gasteiger partial charge in [0, 0.05) is 31.3 Å². The zero-order valence-corrected chi connectivity index (χ0v) is 15.3. The number of carbonyl (C=O) groups is 1. The highest BCUT2D eigenvalue weighted by molar-refractivity contribution is 5.93. The summed E-state index contributed by atoms with van der Waals surface area (Å²) >= 11 is 0. The lowest BCUT2D eigenvalue weighted by atomic mass is 10.1. The lowest BCUT2D eigenvalue weighted by Gasteiger charge is -2.11. The number of fused-ring (bicyclic) bond motifs is 1. The van der Waals surface area contributed by atoms with Crippen LogP contribution in [0.5, 0.6) is 0 Å². The van der Waals surface area contributed by atoms with E-state index in [-0.39, 0.29) is 6.03 Å². The minimum atomic E-state index is -0.192. The Morgan fingerprint density at radius 1 is 1.04 bits per heavy atom. The second-order valence-electron chi connectivity index (χ2n) is 6.85. The fourth-order valence-electron chi connectivity index (χ4n) is 3.49. The molecule has 5 nitrogen and oxygen atoms in total. The van der Waals surface area contributed by atoms with Crippen LogP contribution >= 0.6 is 0 Å². The summed E-state index contributed by atoms with van der Waals surface area (Å²) in [7, 11) is 0. The van der Waals surface area contributed by atoms with Crippen molar-refractivity contribution in [2.24, 2.45) is 0 Å². The molecule has 2 N–H and O–H groups in total. The maximum Gasteiger partial charge on any atom is 0.319 e. The maximum absolute atomic E-state index is 12.3. The third-order valence-corrected chi connectivity index (χ3v) is 4.90. The Hall–Kier alpha value is -3.08. The van der Waals surface area contributed by atoms with E-state index in [1.807, 2.05) is 42.5 Å². The quantitative estimate of drug-likeness (QED) is 0.714. The minimum absolute atomic E-state index is 0.192. The Kier molecular flexibility index (Phi) is 5.19. The van der Waals surface area contributed by atoms with E-state index in [0.29, 0.717) is 6.54 Å². The van der Waals surface area contributed by atoms with Crippen LogP contribution in [0, 0.1) is 0 Å². The van der Waals surface area contributed by atoms with Crippen LogP contribution in [0.4, 0.5) is 10.5 Å². The second-order valence-corrected chi connectivity index (χ2v) is 6.85. The van der Waals surface area contributed by atoms with Gasteiger partial charge < -0.3 is 15.2 Å². The van der Waals surface area contributed by atoms with Gasteiger partial charge in [-0.1, -0.05) is 48.5 Å². The summed E-state index contributed by atoms with van der Waals surface area (Å²) in [5, 5.41) is 5.91. The van der Waals surface area contributed by atoms with Crippen molar-refractivity contribution in [3.05, 3.63) is 72.2 Å². The van der Waals surface area contributed by atoms with Crippen LogP contribution in [0.2, 0.25) is 0 Å². The number of aryl methyl sites for hydroxylation is 2. The van der Waals surface area contributed by atoms with E-state index in [0.717, 1.165) is 42.2 Å². The fraction of sp³-hybridized carbons (Fsp3) is 0.273. The van der Waals surface area contributed by atoms with Gasteiger partial charge in [-0.25, -0.2) is 9.78 Å². The summed E-state index contributed by atoms with van der Waals surface area (Å²) in [6.07, 6.45) is 6.33. The molecule has 0 bridgehead atoms. The molecule has 2 aromatic carbocycles. The zero-order chi connectivity index (χ0) is 18.5. The predicted octanol–water partition coefficient (Wildman–Crippen LogP) is 4.25. The van der Waals surface area contributed by atoms with Crippen LogP contribution < -0.4 is 10.6 Å². The Labute approximate surface area is 159 Å². The van der Waals surface area contributed by atoms with Crippen molar-refractivity contribution < 1.29 is 4.79 Å². The number of hydrogen-bond acceptors (Lipinski definition) is 2. The molecule has 0 saturated carbocycles. The molecule has 1 aliphatic rings. The molecular weight excluding hydrogens is 336 g/mol. The molecule has 5 heteroatoms. The predicted molar refractivity (Wildman–Crippen MR) is 108 cm³/mol. The molecule has 0 unspecified atom stereocenters. The third-order valence-electron chi connectivity index (χ3n) is 4.90. The summed E-state index contributed by atoms with van der Waals surface area (Å²) in [5.41, 5.74) is 3.87. The van der Waals surface area contributed by atoms with Gasteiger partial charge in [0.2, 0.25) is 0 Å². The number of benzene rings is 2. The first kappa shape index (κ1) is 17.3. The lowest BCUT2D eigenvalue weighted by molar-refractivity contribution is 0.252. The molecule has 3 aromatic rings. The zero-order valence-electron chi connectivity index (χ0n) is 15.3. The second kappa shape index (κ2) is 8.08. The molecule has 0 fully saturated rings. The van der Waals surface area contributed by atoms with Crippen molar-refractivity contribution in [3.8, 4) is 11.3 Å². The standard InChI is InChI=1S/C22H24N4O/c27-22(23-14-13-17-8-2-1-3-9-17)25-19-11-5-4-10-18(19)20-16-26-15-7-6-12-21(26)24-20/h1-5,8-11,16H,6-7,12-15H2,(H2,23,25,27). The molecule has 1 aromatic heterocycles. The number of rotatable bonds is 5. The van der Waals surface area contributed by atoms with Crippen LogP contribution in [-0.2, 0) is 19.4 Å². The molecule has 2 heterocycles. The average Bonchev–Trinajstić information content (AvgIpc) is 3.13. The number of urea groups is 1. The first-order valence-corrected chi connectivity index (χ1v) is 9.54. The molecule has 138 valence electrons. The van der Waals surface area contributed by atoms with Crippen LogP contribution in [0.15, 0.2) is 60.8 Å². The molecule has 0 spiro atoms. The van der Waals surface area contributed by atoms with E-state index in [9.17, 15) is 4.79 Å². The van der Waals surface area contributed by atoms with Crippen molar-refractivity contribution in [1.29, 1.82) is 0 Å². The van der Waals surface area contributed by atoms with Crippen LogP contribution in [0.3, 0.4) is 0 Å². The summed E-state index contributed by atoms with van der Waals surface area (Å²) < 4.78 is 2.23. The van der Waals surface area contributed by atoms with Gasteiger partial charge in [-0.3, -0.25) is 0 Å². The highest BCUT2D eigenvalue weighted by atomic mass is 16.2. The van der Waals surface area contributed by atoms with E-state index in [2.05, 4.69) is 33.5 Å². The maximum atomic E-state index is 12.3. The van der Waals surface area contributed by atoms with E-state index < -0.39 is 0 Å². The molecule has 27 heavy (non-hydrogen) atoms. The molecule has 0 atom stereocenters. The Balaban J connectivity index is 1.42. The van der Waals surface area contributed by atoms with Crippen molar-refractivity contribution in [2.75, 3.05) is 11.9 Å². The molecule has 4 rings (SSSR count). The van der Waals surface area contributed by atoms with Crippen LogP contribution in [-0.4, -0.2) is 22.1 Å². The van der Waals surface area contributed by atoms with E-state index >= 15 is 0 Å². The Bertz CT molecular complexity index is 894. The Morgan fingerprint density at radius 3 is 2.70 bits per heavy atom. The molecule has 1 aliphatic heterocycles. The molecular formula is C22H24N4O. The number of anilines is 1. The van der Waals surface area contributed by atoms with Gasteiger partial charge in [-0.2, -0.15) is 0 Å². The van der Waals surface area contributed by atoms with Gasteiger partial charge in [0.1, 0.15) is 5.82 Å². The summed E-state index contributed by atoms with van der Waals surface area (Å²) in [5.74, 6) is 1.14. The number of amides is 2. The number of hydrogen-bond donors (Lipinski definition) is 2. The van der Waals surface area contributed by atoms with Gasteiger partial charge in [-0.05, 0) is 30.9 Å². The lowest BCUT2D eigenvalue weighted by Crippen LogP contribution is -2.30. The average molecular weight is 360 g/mol. The SMILES string of the molecule is O=C(NCCc1ccccc1)Nc1ccccc1-c1cn2c(n1)CCCC2. The van der Waals surface area contributed by atoms with Crippen molar-refractivity contribution in [3.63, 3.8) is 0 Å². The summed E-state index contributed by atoms with van der Waals surface area (Å²) in [6.45, 7) is 1.62. The van der Waals surface area contributed by atoms with Crippen LogP contribution in [0.25, 0.3) is 11.3 Å². The first-order chi connectivity index (χ1) is 13.3. The molecule has 0 radical (unpaired) electrons. The minimum Gasteiger partial charge on any atom is -0.338 e.